The molecule has 0 saturated heterocycles. The zero-order valence-corrected chi connectivity index (χ0v) is 13.8. The molecule has 0 aromatic carbocycles. The predicted molar refractivity (Wildman–Crippen MR) is 86.3 cm³/mol. The SMILES string of the molecule is CNC1CC(C)(Oc2nc(-c3cnn(C)c3)cn3ncc(F)c23)C1. The number of nitrogens with zero attached hydrogens (tertiary/aromatic N) is 5. The lowest BCUT2D eigenvalue weighted by molar-refractivity contribution is -0.0154. The molecule has 0 atom stereocenters. The van der Waals surface area contributed by atoms with E-state index in [-0.39, 0.29) is 17.0 Å². The molecule has 0 aliphatic heterocycles. The highest BCUT2D eigenvalue weighted by Gasteiger charge is 2.42. The Labute approximate surface area is 138 Å². The summed E-state index contributed by atoms with van der Waals surface area (Å²) < 4.78 is 23.4. The Morgan fingerprint density at radius 1 is 1.29 bits per heavy atom. The van der Waals surface area contributed by atoms with Gasteiger partial charge in [-0.2, -0.15) is 10.2 Å². The molecule has 1 N–H and O–H groups in total. The van der Waals surface area contributed by atoms with E-state index in [0.717, 1.165) is 18.4 Å². The van der Waals surface area contributed by atoms with E-state index in [2.05, 4.69) is 20.5 Å². The third kappa shape index (κ3) is 2.43. The maximum Gasteiger partial charge on any atom is 0.244 e. The summed E-state index contributed by atoms with van der Waals surface area (Å²) >= 11 is 0. The molecular weight excluding hydrogens is 311 g/mol. The number of halogens is 1. The van der Waals surface area contributed by atoms with Crippen LogP contribution in [0.1, 0.15) is 19.8 Å². The van der Waals surface area contributed by atoms with Crippen molar-refractivity contribution in [2.75, 3.05) is 7.05 Å². The van der Waals surface area contributed by atoms with E-state index < -0.39 is 5.82 Å². The quantitative estimate of drug-likeness (QED) is 0.790. The summed E-state index contributed by atoms with van der Waals surface area (Å²) in [6, 6.07) is 0.419. The molecule has 3 aromatic rings. The van der Waals surface area contributed by atoms with Crippen molar-refractivity contribution in [1.82, 2.24) is 29.7 Å². The fourth-order valence-corrected chi connectivity index (χ4v) is 3.21. The average Bonchev–Trinajstić information content (AvgIpc) is 3.11. The number of ether oxygens (including phenoxy) is 1. The Morgan fingerprint density at radius 3 is 2.75 bits per heavy atom. The molecule has 3 heterocycles. The van der Waals surface area contributed by atoms with E-state index in [9.17, 15) is 4.39 Å². The lowest BCUT2D eigenvalue weighted by Gasteiger charge is -2.44. The molecule has 24 heavy (non-hydrogen) atoms. The zero-order valence-electron chi connectivity index (χ0n) is 13.8. The van der Waals surface area contributed by atoms with Gasteiger partial charge in [0, 0.05) is 37.7 Å². The van der Waals surface area contributed by atoms with Crippen LogP contribution in [0.15, 0.2) is 24.8 Å². The molecule has 3 aromatic heterocycles. The number of hydrogen-bond acceptors (Lipinski definition) is 5. The number of fused-ring (bicyclic) bond motifs is 1. The summed E-state index contributed by atoms with van der Waals surface area (Å²) in [4.78, 5) is 4.54. The molecule has 126 valence electrons. The van der Waals surface area contributed by atoms with E-state index in [1.807, 2.05) is 27.2 Å². The van der Waals surface area contributed by atoms with Gasteiger partial charge < -0.3 is 10.1 Å². The molecule has 1 aliphatic rings. The van der Waals surface area contributed by atoms with Crippen LogP contribution in [0.5, 0.6) is 5.88 Å². The number of rotatable bonds is 4. The second-order valence-corrected chi connectivity index (χ2v) is 6.57. The van der Waals surface area contributed by atoms with Crippen molar-refractivity contribution in [3.8, 4) is 17.1 Å². The second kappa shape index (κ2) is 5.27. The fraction of sp³-hybridized carbons (Fsp3) is 0.438. The maximum absolute atomic E-state index is 14.2. The molecule has 1 fully saturated rings. The summed E-state index contributed by atoms with van der Waals surface area (Å²) in [5.74, 6) is -0.174. The van der Waals surface area contributed by atoms with Crippen LogP contribution in [0.25, 0.3) is 16.8 Å². The summed E-state index contributed by atoms with van der Waals surface area (Å²) in [5, 5.41) is 11.4. The molecule has 0 spiro atoms. The minimum absolute atomic E-state index is 0.261. The summed E-state index contributed by atoms with van der Waals surface area (Å²) in [7, 11) is 3.76. The van der Waals surface area contributed by atoms with Gasteiger partial charge in [0.25, 0.3) is 0 Å². The van der Waals surface area contributed by atoms with Gasteiger partial charge in [-0.05, 0) is 14.0 Å². The van der Waals surface area contributed by atoms with Gasteiger partial charge in [0.15, 0.2) is 11.3 Å². The van der Waals surface area contributed by atoms with Crippen molar-refractivity contribution in [2.24, 2.45) is 7.05 Å². The van der Waals surface area contributed by atoms with Gasteiger partial charge in [-0.15, -0.1) is 0 Å². The van der Waals surface area contributed by atoms with Crippen LogP contribution in [-0.4, -0.2) is 43.1 Å². The minimum atomic E-state index is -0.441. The number of aryl methyl sites for hydroxylation is 1. The predicted octanol–water partition coefficient (Wildman–Crippen LogP) is 1.79. The first-order chi connectivity index (χ1) is 11.5. The Kier molecular flexibility index (Phi) is 3.31. The second-order valence-electron chi connectivity index (χ2n) is 6.57. The monoisotopic (exact) mass is 330 g/mol. The first-order valence-corrected chi connectivity index (χ1v) is 7.87. The lowest BCUT2D eigenvalue weighted by Crippen LogP contribution is -2.54. The maximum atomic E-state index is 14.2. The first-order valence-electron chi connectivity index (χ1n) is 7.87. The summed E-state index contributed by atoms with van der Waals surface area (Å²) in [6.07, 6.45) is 8.12. The van der Waals surface area contributed by atoms with E-state index in [0.29, 0.717) is 11.7 Å². The van der Waals surface area contributed by atoms with Gasteiger partial charge in [0.1, 0.15) is 5.60 Å². The van der Waals surface area contributed by atoms with Crippen LogP contribution in [0.3, 0.4) is 0 Å². The highest BCUT2D eigenvalue weighted by molar-refractivity contribution is 5.64. The van der Waals surface area contributed by atoms with E-state index in [4.69, 9.17) is 4.74 Å². The van der Waals surface area contributed by atoms with Crippen molar-refractivity contribution in [2.45, 2.75) is 31.4 Å². The molecular formula is C16H19FN6O. The van der Waals surface area contributed by atoms with Gasteiger partial charge in [-0.1, -0.05) is 0 Å². The molecule has 1 aliphatic carbocycles. The van der Waals surface area contributed by atoms with Crippen molar-refractivity contribution in [1.29, 1.82) is 0 Å². The number of hydrogen-bond donors (Lipinski definition) is 1. The topological polar surface area (TPSA) is 69.3 Å². The minimum Gasteiger partial charge on any atom is -0.470 e. The summed E-state index contributed by atoms with van der Waals surface area (Å²) in [5.41, 5.74) is 1.37. The largest absolute Gasteiger partial charge is 0.470 e. The zero-order chi connectivity index (χ0) is 16.9. The normalized spacial score (nSPS) is 23.4. The number of aromatic nitrogens is 5. The molecule has 4 rings (SSSR count). The van der Waals surface area contributed by atoms with Gasteiger partial charge >= 0.3 is 0 Å². The molecule has 0 amide bonds. The van der Waals surface area contributed by atoms with Crippen LogP contribution < -0.4 is 10.1 Å². The van der Waals surface area contributed by atoms with Crippen LogP contribution in [0.2, 0.25) is 0 Å². The Balaban J connectivity index is 1.76. The van der Waals surface area contributed by atoms with Crippen LogP contribution in [-0.2, 0) is 7.05 Å². The van der Waals surface area contributed by atoms with Gasteiger partial charge in [0.05, 0.1) is 24.3 Å². The smallest absolute Gasteiger partial charge is 0.244 e. The standard InChI is InChI=1S/C16H19FN6O/c1-16(4-11(5-16)18-2)24-15-14-12(17)7-20-23(14)9-13(21-15)10-6-19-22(3)8-10/h6-9,11,18H,4-5H2,1-3H3. The number of nitrogens with one attached hydrogen (secondary N) is 1. The van der Waals surface area contributed by atoms with Crippen molar-refractivity contribution < 1.29 is 9.13 Å². The average molecular weight is 330 g/mol. The van der Waals surface area contributed by atoms with Crippen molar-refractivity contribution in [3.05, 3.63) is 30.6 Å². The molecule has 0 unspecified atom stereocenters. The highest BCUT2D eigenvalue weighted by atomic mass is 19.1. The third-order valence-corrected chi connectivity index (χ3v) is 4.53. The van der Waals surface area contributed by atoms with Crippen LogP contribution in [0, 0.1) is 5.82 Å². The van der Waals surface area contributed by atoms with Gasteiger partial charge in [0.2, 0.25) is 5.88 Å². The van der Waals surface area contributed by atoms with Gasteiger partial charge in [-0.3, -0.25) is 4.68 Å². The van der Waals surface area contributed by atoms with Gasteiger partial charge in [-0.25, -0.2) is 13.9 Å². The fourth-order valence-electron chi connectivity index (χ4n) is 3.21. The third-order valence-electron chi connectivity index (χ3n) is 4.53. The Morgan fingerprint density at radius 2 is 2.08 bits per heavy atom. The molecule has 0 bridgehead atoms. The van der Waals surface area contributed by atoms with E-state index in [1.54, 1.807) is 17.1 Å². The highest BCUT2D eigenvalue weighted by Crippen LogP contribution is 2.38. The summed E-state index contributed by atoms with van der Waals surface area (Å²) in [6.45, 7) is 2.02. The van der Waals surface area contributed by atoms with Crippen LogP contribution in [0.4, 0.5) is 4.39 Å². The first kappa shape index (κ1) is 15.1. The van der Waals surface area contributed by atoms with Crippen LogP contribution >= 0.6 is 0 Å². The van der Waals surface area contributed by atoms with E-state index >= 15 is 0 Å². The van der Waals surface area contributed by atoms with Crippen molar-refractivity contribution >= 4 is 5.52 Å². The van der Waals surface area contributed by atoms with Crippen molar-refractivity contribution in [3.63, 3.8) is 0 Å². The molecule has 7 nitrogen and oxygen atoms in total. The van der Waals surface area contributed by atoms with E-state index in [1.165, 1.54) is 10.7 Å². The molecule has 8 heteroatoms. The molecule has 0 radical (unpaired) electrons. The Bertz CT molecular complexity index is 895. The Hall–Kier alpha value is -2.48. The lowest BCUT2D eigenvalue weighted by atomic mass is 9.77. The molecule has 1 saturated carbocycles.